The quantitative estimate of drug-likeness (QED) is 0.552. The maximum absolute atomic E-state index is 5.09. The number of aromatic nitrogens is 2. The van der Waals surface area contributed by atoms with Crippen LogP contribution < -0.4 is 4.74 Å². The zero-order valence-electron chi connectivity index (χ0n) is 6.46. The third kappa shape index (κ3) is 1.47. The van der Waals surface area contributed by atoms with E-state index in [2.05, 4.69) is 15.9 Å². The van der Waals surface area contributed by atoms with E-state index in [4.69, 9.17) is 11.2 Å². The molecule has 1 rings (SSSR count). The Morgan fingerprint density at radius 1 is 1.64 bits per heavy atom. The van der Waals surface area contributed by atoms with Gasteiger partial charge in [0.2, 0.25) is 11.7 Å². The molecule has 0 aromatic carbocycles. The van der Waals surface area contributed by atoms with Gasteiger partial charge in [0.1, 0.15) is 0 Å². The lowest BCUT2D eigenvalue weighted by Crippen LogP contribution is -1.95. The second-order valence-corrected chi connectivity index (χ2v) is 2.03. The van der Waals surface area contributed by atoms with Gasteiger partial charge in [0.25, 0.3) is 0 Å². The van der Waals surface area contributed by atoms with Crippen LogP contribution in [0.2, 0.25) is 0 Å². The van der Waals surface area contributed by atoms with Crippen LogP contribution in [0.3, 0.4) is 0 Å². The molecule has 0 aliphatic carbocycles. The molecule has 0 atom stereocenters. The summed E-state index contributed by atoms with van der Waals surface area (Å²) in [6, 6.07) is 0. The monoisotopic (exact) mass is 148 g/mol. The van der Waals surface area contributed by atoms with E-state index >= 15 is 0 Å². The summed E-state index contributed by atoms with van der Waals surface area (Å²) in [5.74, 6) is 3.22. The zero-order valence-corrected chi connectivity index (χ0v) is 6.46. The Labute approximate surface area is 65.4 Å². The van der Waals surface area contributed by atoms with E-state index < -0.39 is 0 Å². The molecule has 0 spiro atoms. The number of methoxy groups -OCH3 is 1. The standard InChI is InChI=1S/C8H8N2O/c1-4-7-9-5-6(2)8(10-7)11-3/h1,5H,2-3H3. The van der Waals surface area contributed by atoms with Gasteiger partial charge >= 0.3 is 0 Å². The molecule has 0 aliphatic rings. The topological polar surface area (TPSA) is 35.0 Å². The molecule has 3 nitrogen and oxygen atoms in total. The molecule has 0 fully saturated rings. The van der Waals surface area contributed by atoms with Gasteiger partial charge < -0.3 is 4.74 Å². The smallest absolute Gasteiger partial charge is 0.220 e. The van der Waals surface area contributed by atoms with E-state index in [9.17, 15) is 0 Å². The molecule has 0 bridgehead atoms. The lowest BCUT2D eigenvalue weighted by molar-refractivity contribution is 0.393. The first-order chi connectivity index (χ1) is 5.27. The average molecular weight is 148 g/mol. The molecule has 0 aliphatic heterocycles. The molecule has 0 unspecified atom stereocenters. The highest BCUT2D eigenvalue weighted by atomic mass is 16.5. The maximum atomic E-state index is 5.09. The van der Waals surface area contributed by atoms with E-state index in [0.29, 0.717) is 11.7 Å². The van der Waals surface area contributed by atoms with E-state index in [1.807, 2.05) is 6.92 Å². The Kier molecular flexibility index (Phi) is 2.07. The second-order valence-electron chi connectivity index (χ2n) is 2.03. The molecular weight excluding hydrogens is 140 g/mol. The molecular formula is C8H8N2O. The predicted octanol–water partition coefficient (Wildman–Crippen LogP) is 0.775. The molecule has 3 heteroatoms. The van der Waals surface area contributed by atoms with Crippen molar-refractivity contribution in [3.8, 4) is 18.2 Å². The van der Waals surface area contributed by atoms with E-state index in [0.717, 1.165) is 5.56 Å². The first kappa shape index (κ1) is 7.55. The number of nitrogens with zero attached hydrogens (tertiary/aromatic N) is 2. The first-order valence-electron chi connectivity index (χ1n) is 3.12. The molecule has 0 radical (unpaired) electrons. The molecule has 0 saturated carbocycles. The second kappa shape index (κ2) is 3.02. The highest BCUT2D eigenvalue weighted by molar-refractivity contribution is 5.26. The van der Waals surface area contributed by atoms with Crippen LogP contribution in [0.4, 0.5) is 0 Å². The SMILES string of the molecule is C#Cc1ncc(C)c(OC)n1. The normalized spacial score (nSPS) is 8.82. The Bertz CT molecular complexity index is 301. The van der Waals surface area contributed by atoms with Gasteiger partial charge in [0.05, 0.1) is 7.11 Å². The van der Waals surface area contributed by atoms with Crippen LogP contribution in [-0.4, -0.2) is 17.1 Å². The summed E-state index contributed by atoms with van der Waals surface area (Å²) < 4.78 is 4.94. The maximum Gasteiger partial charge on any atom is 0.220 e. The first-order valence-corrected chi connectivity index (χ1v) is 3.12. The molecule has 56 valence electrons. The number of hydrogen-bond acceptors (Lipinski definition) is 3. The van der Waals surface area contributed by atoms with Crippen molar-refractivity contribution in [2.24, 2.45) is 0 Å². The zero-order chi connectivity index (χ0) is 8.27. The highest BCUT2D eigenvalue weighted by Crippen LogP contribution is 2.10. The number of aryl methyl sites for hydroxylation is 1. The summed E-state index contributed by atoms with van der Waals surface area (Å²) in [6.45, 7) is 1.86. The van der Waals surface area contributed by atoms with Crippen LogP contribution in [0.15, 0.2) is 6.20 Å². The van der Waals surface area contributed by atoms with Crippen LogP contribution in [0.5, 0.6) is 5.88 Å². The molecule has 1 aromatic rings. The van der Waals surface area contributed by atoms with Gasteiger partial charge in [-0.25, -0.2) is 4.98 Å². The Hall–Kier alpha value is -1.56. The number of rotatable bonds is 1. The van der Waals surface area contributed by atoms with Gasteiger partial charge in [-0.3, -0.25) is 0 Å². The van der Waals surface area contributed by atoms with Crippen molar-refractivity contribution >= 4 is 0 Å². The van der Waals surface area contributed by atoms with Gasteiger partial charge in [-0.1, -0.05) is 0 Å². The van der Waals surface area contributed by atoms with Crippen molar-refractivity contribution in [3.63, 3.8) is 0 Å². The van der Waals surface area contributed by atoms with Crippen LogP contribution in [0, 0.1) is 19.3 Å². The van der Waals surface area contributed by atoms with Crippen LogP contribution in [0.1, 0.15) is 11.4 Å². The Balaban J connectivity index is 3.15. The molecule has 1 aromatic heterocycles. The minimum atomic E-state index is 0.354. The van der Waals surface area contributed by atoms with Crippen molar-refractivity contribution < 1.29 is 4.74 Å². The fourth-order valence-corrected chi connectivity index (χ4v) is 0.703. The Morgan fingerprint density at radius 2 is 2.36 bits per heavy atom. The third-order valence-electron chi connectivity index (χ3n) is 1.25. The fourth-order valence-electron chi connectivity index (χ4n) is 0.703. The van der Waals surface area contributed by atoms with Gasteiger partial charge in [-0.15, -0.1) is 6.42 Å². The summed E-state index contributed by atoms with van der Waals surface area (Å²) >= 11 is 0. The fraction of sp³-hybridized carbons (Fsp3) is 0.250. The summed E-state index contributed by atoms with van der Waals surface area (Å²) in [4.78, 5) is 7.82. The molecule has 11 heavy (non-hydrogen) atoms. The van der Waals surface area contributed by atoms with E-state index in [1.165, 1.54) is 0 Å². The summed E-state index contributed by atoms with van der Waals surface area (Å²) in [5.41, 5.74) is 0.881. The van der Waals surface area contributed by atoms with Gasteiger partial charge in [0, 0.05) is 11.8 Å². The lowest BCUT2D eigenvalue weighted by Gasteiger charge is -2.00. The van der Waals surface area contributed by atoms with Gasteiger partial charge in [-0.05, 0) is 12.8 Å². The van der Waals surface area contributed by atoms with Gasteiger partial charge in [0.15, 0.2) is 0 Å². The minimum absolute atomic E-state index is 0.354. The summed E-state index contributed by atoms with van der Waals surface area (Å²) in [5, 5.41) is 0. The van der Waals surface area contributed by atoms with Crippen molar-refractivity contribution in [2.45, 2.75) is 6.92 Å². The average Bonchev–Trinajstić information content (AvgIpc) is 2.05. The summed E-state index contributed by atoms with van der Waals surface area (Å²) in [7, 11) is 1.55. The largest absolute Gasteiger partial charge is 0.481 e. The lowest BCUT2D eigenvalue weighted by atomic mass is 10.4. The number of terminal acetylenes is 1. The van der Waals surface area contributed by atoms with Crippen LogP contribution in [-0.2, 0) is 0 Å². The number of ether oxygens (including phenoxy) is 1. The predicted molar refractivity (Wildman–Crippen MR) is 41.3 cm³/mol. The van der Waals surface area contributed by atoms with E-state index in [-0.39, 0.29) is 0 Å². The summed E-state index contributed by atoms with van der Waals surface area (Å²) in [6.07, 6.45) is 6.73. The molecule has 0 saturated heterocycles. The Morgan fingerprint density at radius 3 is 2.91 bits per heavy atom. The van der Waals surface area contributed by atoms with Crippen LogP contribution in [0.25, 0.3) is 0 Å². The van der Waals surface area contributed by atoms with Crippen molar-refractivity contribution in [1.29, 1.82) is 0 Å². The highest BCUT2D eigenvalue weighted by Gasteiger charge is 1.99. The molecule has 0 N–H and O–H groups in total. The van der Waals surface area contributed by atoms with Gasteiger partial charge in [-0.2, -0.15) is 4.98 Å². The third-order valence-corrected chi connectivity index (χ3v) is 1.25. The van der Waals surface area contributed by atoms with Crippen molar-refractivity contribution in [3.05, 3.63) is 17.6 Å². The molecule has 1 heterocycles. The van der Waals surface area contributed by atoms with E-state index in [1.54, 1.807) is 13.3 Å². The minimum Gasteiger partial charge on any atom is -0.481 e. The van der Waals surface area contributed by atoms with Crippen molar-refractivity contribution in [2.75, 3.05) is 7.11 Å². The molecule has 0 amide bonds. The van der Waals surface area contributed by atoms with Crippen LogP contribution >= 0.6 is 0 Å². The number of hydrogen-bond donors (Lipinski definition) is 0. The van der Waals surface area contributed by atoms with Crippen molar-refractivity contribution in [1.82, 2.24) is 9.97 Å².